The van der Waals surface area contributed by atoms with Crippen LogP contribution in [0.1, 0.15) is 30.0 Å². The zero-order chi connectivity index (χ0) is 12.3. The van der Waals surface area contributed by atoms with E-state index in [1.54, 1.807) is 12.1 Å². The molecule has 0 saturated carbocycles. The molecule has 1 heterocycles. The second-order valence-electron chi connectivity index (χ2n) is 4.05. The lowest BCUT2D eigenvalue weighted by Crippen LogP contribution is -2.19. The van der Waals surface area contributed by atoms with E-state index in [2.05, 4.69) is 10.5 Å². The van der Waals surface area contributed by atoms with Gasteiger partial charge in [-0.05, 0) is 19.9 Å². The van der Waals surface area contributed by atoms with Crippen molar-refractivity contribution in [3.63, 3.8) is 0 Å². The number of aromatic nitrogens is 1. The van der Waals surface area contributed by atoms with Crippen LogP contribution in [0.5, 0.6) is 0 Å². The molecular formula is C13H15FN2O. The van der Waals surface area contributed by atoms with Crippen LogP contribution in [0.25, 0.3) is 0 Å². The van der Waals surface area contributed by atoms with Crippen molar-refractivity contribution in [1.29, 1.82) is 0 Å². The minimum Gasteiger partial charge on any atom is -0.361 e. The van der Waals surface area contributed by atoms with Gasteiger partial charge in [0.25, 0.3) is 0 Å². The monoisotopic (exact) mass is 234 g/mol. The van der Waals surface area contributed by atoms with Crippen LogP contribution >= 0.6 is 0 Å². The van der Waals surface area contributed by atoms with Gasteiger partial charge in [-0.3, -0.25) is 0 Å². The van der Waals surface area contributed by atoms with Crippen molar-refractivity contribution < 1.29 is 8.91 Å². The lowest BCUT2D eigenvalue weighted by Gasteiger charge is -2.13. The fourth-order valence-electron chi connectivity index (χ4n) is 1.70. The molecule has 0 fully saturated rings. The number of hydrogen-bond donors (Lipinski definition) is 1. The molecule has 1 aromatic carbocycles. The Morgan fingerprint density at radius 2 is 2.18 bits per heavy atom. The van der Waals surface area contributed by atoms with Gasteiger partial charge in [-0.2, -0.15) is 0 Å². The first-order valence-electron chi connectivity index (χ1n) is 5.57. The molecule has 0 radical (unpaired) electrons. The third kappa shape index (κ3) is 2.91. The van der Waals surface area contributed by atoms with E-state index in [1.165, 1.54) is 6.07 Å². The molecular weight excluding hydrogens is 219 g/mol. The predicted molar refractivity (Wildman–Crippen MR) is 62.9 cm³/mol. The van der Waals surface area contributed by atoms with Gasteiger partial charge in [-0.15, -0.1) is 0 Å². The Labute approximate surface area is 99.6 Å². The number of hydrogen-bond acceptors (Lipinski definition) is 3. The van der Waals surface area contributed by atoms with Crippen LogP contribution in [0, 0.1) is 12.7 Å². The summed E-state index contributed by atoms with van der Waals surface area (Å²) in [7, 11) is 0. The number of rotatable bonds is 4. The Morgan fingerprint density at radius 3 is 2.82 bits per heavy atom. The van der Waals surface area contributed by atoms with Crippen LogP contribution in [0.15, 0.2) is 34.9 Å². The standard InChI is InChI=1S/C13H15FN2O/c1-9-7-11(16-17-9)8-15-10(2)12-5-3-4-6-13(12)14/h3-7,10,15H,8H2,1-2H3. The van der Waals surface area contributed by atoms with Crippen LogP contribution in [0.4, 0.5) is 4.39 Å². The van der Waals surface area contributed by atoms with E-state index in [4.69, 9.17) is 4.52 Å². The van der Waals surface area contributed by atoms with E-state index in [0.29, 0.717) is 12.1 Å². The Bertz CT molecular complexity index is 496. The molecule has 1 N–H and O–H groups in total. The molecule has 0 aliphatic carbocycles. The summed E-state index contributed by atoms with van der Waals surface area (Å²) in [6, 6.07) is 8.56. The number of benzene rings is 1. The second-order valence-corrected chi connectivity index (χ2v) is 4.05. The molecule has 17 heavy (non-hydrogen) atoms. The highest BCUT2D eigenvalue weighted by Crippen LogP contribution is 2.16. The van der Waals surface area contributed by atoms with Gasteiger partial charge in [0.1, 0.15) is 11.6 Å². The lowest BCUT2D eigenvalue weighted by atomic mass is 10.1. The summed E-state index contributed by atoms with van der Waals surface area (Å²) >= 11 is 0. The normalized spacial score (nSPS) is 12.6. The molecule has 1 unspecified atom stereocenters. The fourth-order valence-corrected chi connectivity index (χ4v) is 1.70. The third-order valence-electron chi connectivity index (χ3n) is 2.64. The van der Waals surface area contributed by atoms with Crippen molar-refractivity contribution in [2.75, 3.05) is 0 Å². The van der Waals surface area contributed by atoms with Crippen molar-refractivity contribution in [3.8, 4) is 0 Å². The molecule has 2 rings (SSSR count). The van der Waals surface area contributed by atoms with Crippen molar-refractivity contribution in [3.05, 3.63) is 53.2 Å². The van der Waals surface area contributed by atoms with Gasteiger partial charge in [-0.25, -0.2) is 4.39 Å². The zero-order valence-electron chi connectivity index (χ0n) is 9.90. The molecule has 0 aliphatic heterocycles. The Morgan fingerprint density at radius 1 is 1.41 bits per heavy atom. The first-order valence-corrected chi connectivity index (χ1v) is 5.57. The smallest absolute Gasteiger partial charge is 0.133 e. The number of aryl methyl sites for hydroxylation is 1. The SMILES string of the molecule is Cc1cc(CNC(C)c2ccccc2F)no1. The molecule has 0 spiro atoms. The van der Waals surface area contributed by atoms with Crippen LogP contribution in [0.3, 0.4) is 0 Å². The van der Waals surface area contributed by atoms with Gasteiger partial charge in [0.2, 0.25) is 0 Å². The molecule has 2 aromatic rings. The molecule has 4 heteroatoms. The topological polar surface area (TPSA) is 38.1 Å². The average Bonchev–Trinajstić information content (AvgIpc) is 2.73. The van der Waals surface area contributed by atoms with E-state index in [9.17, 15) is 4.39 Å². The maximum Gasteiger partial charge on any atom is 0.133 e. The summed E-state index contributed by atoms with van der Waals surface area (Å²) in [6.07, 6.45) is 0. The molecule has 1 atom stereocenters. The highest BCUT2D eigenvalue weighted by atomic mass is 19.1. The van der Waals surface area contributed by atoms with E-state index < -0.39 is 0 Å². The summed E-state index contributed by atoms with van der Waals surface area (Å²) in [6.45, 7) is 4.33. The maximum absolute atomic E-state index is 13.5. The van der Waals surface area contributed by atoms with Crippen molar-refractivity contribution >= 4 is 0 Å². The van der Waals surface area contributed by atoms with Gasteiger partial charge in [0, 0.05) is 24.2 Å². The second kappa shape index (κ2) is 5.10. The van der Waals surface area contributed by atoms with Crippen LogP contribution in [-0.4, -0.2) is 5.16 Å². The van der Waals surface area contributed by atoms with Crippen molar-refractivity contribution in [2.45, 2.75) is 26.4 Å². The van der Waals surface area contributed by atoms with E-state index >= 15 is 0 Å². The number of nitrogens with one attached hydrogen (secondary N) is 1. The third-order valence-corrected chi connectivity index (χ3v) is 2.64. The fraction of sp³-hybridized carbons (Fsp3) is 0.308. The average molecular weight is 234 g/mol. The van der Waals surface area contributed by atoms with Gasteiger partial charge in [-0.1, -0.05) is 23.4 Å². The molecule has 1 aromatic heterocycles. The van der Waals surface area contributed by atoms with E-state index in [-0.39, 0.29) is 11.9 Å². The Balaban J connectivity index is 1.98. The first kappa shape index (κ1) is 11.8. The summed E-state index contributed by atoms with van der Waals surface area (Å²) in [4.78, 5) is 0. The predicted octanol–water partition coefficient (Wildman–Crippen LogP) is 2.97. The minimum atomic E-state index is -0.191. The van der Waals surface area contributed by atoms with E-state index in [1.807, 2.05) is 26.0 Å². The minimum absolute atomic E-state index is 0.0618. The molecule has 0 amide bonds. The molecule has 0 saturated heterocycles. The molecule has 0 bridgehead atoms. The van der Waals surface area contributed by atoms with Crippen molar-refractivity contribution in [2.24, 2.45) is 0 Å². The molecule has 3 nitrogen and oxygen atoms in total. The van der Waals surface area contributed by atoms with Gasteiger partial charge < -0.3 is 9.84 Å². The summed E-state index contributed by atoms with van der Waals surface area (Å²) in [5.74, 6) is 0.587. The van der Waals surface area contributed by atoms with Gasteiger partial charge >= 0.3 is 0 Å². The zero-order valence-corrected chi connectivity index (χ0v) is 9.90. The summed E-state index contributed by atoms with van der Waals surface area (Å²) < 4.78 is 18.5. The lowest BCUT2D eigenvalue weighted by molar-refractivity contribution is 0.386. The highest BCUT2D eigenvalue weighted by Gasteiger charge is 2.10. The molecule has 90 valence electrons. The quantitative estimate of drug-likeness (QED) is 0.883. The largest absolute Gasteiger partial charge is 0.361 e. The Hall–Kier alpha value is -1.68. The summed E-state index contributed by atoms with van der Waals surface area (Å²) in [5, 5.41) is 7.08. The van der Waals surface area contributed by atoms with Crippen LogP contribution < -0.4 is 5.32 Å². The van der Waals surface area contributed by atoms with E-state index in [0.717, 1.165) is 11.5 Å². The Kier molecular flexibility index (Phi) is 3.54. The number of halogens is 1. The van der Waals surface area contributed by atoms with Crippen LogP contribution in [0.2, 0.25) is 0 Å². The van der Waals surface area contributed by atoms with Gasteiger partial charge in [0.05, 0.1) is 5.69 Å². The first-order chi connectivity index (χ1) is 8.16. The van der Waals surface area contributed by atoms with Gasteiger partial charge in [0.15, 0.2) is 0 Å². The van der Waals surface area contributed by atoms with Crippen molar-refractivity contribution in [1.82, 2.24) is 10.5 Å². The van der Waals surface area contributed by atoms with Crippen LogP contribution in [-0.2, 0) is 6.54 Å². The maximum atomic E-state index is 13.5. The molecule has 0 aliphatic rings. The summed E-state index contributed by atoms with van der Waals surface area (Å²) in [5.41, 5.74) is 1.48. The number of nitrogens with zero attached hydrogens (tertiary/aromatic N) is 1. The highest BCUT2D eigenvalue weighted by molar-refractivity contribution is 5.20.